The van der Waals surface area contributed by atoms with Gasteiger partial charge in [0.1, 0.15) is 0 Å². The maximum absolute atomic E-state index is 2.44. The van der Waals surface area contributed by atoms with Crippen molar-refractivity contribution in [1.29, 1.82) is 0 Å². The highest BCUT2D eigenvalue weighted by Gasteiger charge is 2.18. The van der Waals surface area contributed by atoms with Gasteiger partial charge in [0.15, 0.2) is 0 Å². The van der Waals surface area contributed by atoms with Gasteiger partial charge in [0.05, 0.1) is 11.0 Å². The van der Waals surface area contributed by atoms with Crippen LogP contribution in [0.2, 0.25) is 0 Å². The summed E-state index contributed by atoms with van der Waals surface area (Å²) < 4.78 is 2.44. The van der Waals surface area contributed by atoms with Crippen LogP contribution in [0.3, 0.4) is 0 Å². The van der Waals surface area contributed by atoms with Gasteiger partial charge in [-0.15, -0.1) is 0 Å². The van der Waals surface area contributed by atoms with Gasteiger partial charge in [-0.05, 0) is 151 Å². The Morgan fingerprint density at radius 1 is 0.203 bits per heavy atom. The Balaban J connectivity index is 0.843. The number of hydrogen-bond donors (Lipinski definition) is 0. The molecule has 1 aromatic heterocycles. The van der Waals surface area contributed by atoms with E-state index in [1.165, 1.54) is 88.6 Å². The molecule has 0 N–H and O–H groups in total. The van der Waals surface area contributed by atoms with E-state index in [2.05, 4.69) is 313 Å². The van der Waals surface area contributed by atoms with Gasteiger partial charge in [0.25, 0.3) is 0 Å². The van der Waals surface area contributed by atoms with Crippen molar-refractivity contribution < 1.29 is 0 Å². The summed E-state index contributed by atoms with van der Waals surface area (Å²) in [7, 11) is 0. The number of para-hydroxylation sites is 2. The highest BCUT2D eigenvalue weighted by Crippen LogP contribution is 2.42. The molecule has 0 aliphatic heterocycles. The molecule has 13 aromatic rings. The Morgan fingerprint density at radius 2 is 0.581 bits per heavy atom. The van der Waals surface area contributed by atoms with E-state index in [0.717, 1.165) is 33.9 Å². The molecule has 12 aromatic carbocycles. The first kappa shape index (κ1) is 44.2. The number of aromatic nitrogens is 1. The van der Waals surface area contributed by atoms with Gasteiger partial charge in [0, 0.05) is 33.5 Å². The van der Waals surface area contributed by atoms with Crippen LogP contribution in [0.4, 0.5) is 17.1 Å². The zero-order chi connectivity index (χ0) is 49.2. The van der Waals surface area contributed by atoms with Crippen LogP contribution < -0.4 is 4.90 Å². The third-order valence-electron chi connectivity index (χ3n) is 14.4. The van der Waals surface area contributed by atoms with Crippen molar-refractivity contribution in [3.63, 3.8) is 0 Å². The Labute approximate surface area is 433 Å². The number of benzene rings is 12. The molecule has 0 aliphatic carbocycles. The predicted octanol–water partition coefficient (Wildman–Crippen LogP) is 19.9. The Bertz CT molecular complexity index is 4080. The van der Waals surface area contributed by atoms with Crippen LogP contribution in [0.5, 0.6) is 0 Å². The lowest BCUT2D eigenvalue weighted by molar-refractivity contribution is 1.18. The fourth-order valence-corrected chi connectivity index (χ4v) is 10.7. The highest BCUT2D eigenvalue weighted by molar-refractivity contribution is 6.10. The van der Waals surface area contributed by atoms with Crippen molar-refractivity contribution in [1.82, 2.24) is 4.57 Å². The summed E-state index contributed by atoms with van der Waals surface area (Å²) in [5.41, 5.74) is 23.4. The Hall–Kier alpha value is -9.76. The number of anilines is 3. The van der Waals surface area contributed by atoms with Gasteiger partial charge < -0.3 is 9.47 Å². The third kappa shape index (κ3) is 8.55. The van der Waals surface area contributed by atoms with Crippen molar-refractivity contribution >= 4 is 38.9 Å². The molecule has 2 heteroatoms. The van der Waals surface area contributed by atoms with E-state index >= 15 is 0 Å². The van der Waals surface area contributed by atoms with Gasteiger partial charge in [-0.2, -0.15) is 0 Å². The van der Waals surface area contributed by atoms with Crippen molar-refractivity contribution in [2.75, 3.05) is 4.90 Å². The zero-order valence-electron chi connectivity index (χ0n) is 40.8. The van der Waals surface area contributed by atoms with Gasteiger partial charge in [-0.25, -0.2) is 0 Å². The summed E-state index contributed by atoms with van der Waals surface area (Å²) >= 11 is 0. The zero-order valence-corrected chi connectivity index (χ0v) is 40.8. The summed E-state index contributed by atoms with van der Waals surface area (Å²) in [6, 6.07) is 110. The minimum atomic E-state index is 1.09. The normalized spacial score (nSPS) is 11.2. The first-order valence-corrected chi connectivity index (χ1v) is 25.4. The highest BCUT2D eigenvalue weighted by atomic mass is 15.1. The molecule has 0 radical (unpaired) electrons. The van der Waals surface area contributed by atoms with Gasteiger partial charge in [-0.1, -0.05) is 231 Å². The lowest BCUT2D eigenvalue weighted by Crippen LogP contribution is -2.10. The standard InChI is InChI=1S/C72H50N2/c1-5-19-51(20-6-1)53-35-41-56(42-36-53)62-45-61(52-21-7-2-8-22-52)48-66(49-62)74-71-34-16-15-33-69(71)70-50-59(43-44-72(70)74)55-39-37-54(38-40-55)58-25-17-29-64(46-58)73(63-27-11-4-12-28-63)65-30-18-26-60(47-65)68-32-14-13-31-67(68)57-23-9-3-10-24-57/h1-50H. The lowest BCUT2D eigenvalue weighted by atomic mass is 9.94. The maximum Gasteiger partial charge on any atom is 0.0541 e. The van der Waals surface area contributed by atoms with Crippen LogP contribution in [0, 0.1) is 0 Å². The van der Waals surface area contributed by atoms with Gasteiger partial charge in [-0.3, -0.25) is 0 Å². The van der Waals surface area contributed by atoms with Crippen LogP contribution in [0.15, 0.2) is 303 Å². The van der Waals surface area contributed by atoms with E-state index in [1.54, 1.807) is 0 Å². The molecule has 74 heavy (non-hydrogen) atoms. The monoisotopic (exact) mass is 942 g/mol. The topological polar surface area (TPSA) is 8.17 Å². The van der Waals surface area contributed by atoms with Gasteiger partial charge in [0.2, 0.25) is 0 Å². The second kappa shape index (κ2) is 19.4. The summed E-state index contributed by atoms with van der Waals surface area (Å²) in [5, 5.41) is 2.45. The first-order valence-electron chi connectivity index (χ1n) is 25.4. The predicted molar refractivity (Wildman–Crippen MR) is 314 cm³/mol. The summed E-state index contributed by atoms with van der Waals surface area (Å²) in [4.78, 5) is 2.36. The molecule has 0 saturated heterocycles. The minimum absolute atomic E-state index is 1.09. The molecule has 1 heterocycles. The van der Waals surface area contributed by atoms with Crippen LogP contribution in [0.25, 0.3) is 105 Å². The summed E-state index contributed by atoms with van der Waals surface area (Å²) in [6.07, 6.45) is 0. The van der Waals surface area contributed by atoms with Crippen LogP contribution >= 0.6 is 0 Å². The van der Waals surface area contributed by atoms with E-state index in [9.17, 15) is 0 Å². The fraction of sp³-hybridized carbons (Fsp3) is 0. The third-order valence-corrected chi connectivity index (χ3v) is 14.4. The van der Waals surface area contributed by atoms with E-state index in [0.29, 0.717) is 0 Å². The molecule has 348 valence electrons. The number of fused-ring (bicyclic) bond motifs is 3. The molecule has 0 aliphatic rings. The Morgan fingerprint density at radius 3 is 1.19 bits per heavy atom. The number of hydrogen-bond acceptors (Lipinski definition) is 1. The van der Waals surface area contributed by atoms with Crippen LogP contribution in [0.1, 0.15) is 0 Å². The molecule has 0 atom stereocenters. The molecular formula is C72H50N2. The molecule has 0 amide bonds. The minimum Gasteiger partial charge on any atom is -0.310 e. The van der Waals surface area contributed by atoms with E-state index < -0.39 is 0 Å². The van der Waals surface area contributed by atoms with E-state index in [1.807, 2.05) is 0 Å². The summed E-state index contributed by atoms with van der Waals surface area (Å²) in [5.74, 6) is 0. The van der Waals surface area contributed by atoms with Crippen molar-refractivity contribution in [3.05, 3.63) is 303 Å². The Kier molecular flexibility index (Phi) is 11.6. The smallest absolute Gasteiger partial charge is 0.0541 e. The molecule has 0 unspecified atom stereocenters. The molecule has 0 saturated carbocycles. The van der Waals surface area contributed by atoms with Crippen molar-refractivity contribution in [3.8, 4) is 83.6 Å². The number of rotatable bonds is 11. The van der Waals surface area contributed by atoms with Gasteiger partial charge >= 0.3 is 0 Å². The second-order valence-electron chi connectivity index (χ2n) is 18.9. The average molecular weight is 943 g/mol. The lowest BCUT2D eigenvalue weighted by Gasteiger charge is -2.26. The van der Waals surface area contributed by atoms with E-state index in [4.69, 9.17) is 0 Å². The fourth-order valence-electron chi connectivity index (χ4n) is 10.7. The largest absolute Gasteiger partial charge is 0.310 e. The van der Waals surface area contributed by atoms with Crippen molar-refractivity contribution in [2.45, 2.75) is 0 Å². The summed E-state index contributed by atoms with van der Waals surface area (Å²) in [6.45, 7) is 0. The maximum atomic E-state index is 2.44. The SMILES string of the molecule is c1ccc(-c2ccc(-c3cc(-c4ccccc4)cc(-n4c5ccccc5c5cc(-c6ccc(-c7cccc(N(c8ccccc8)c8cccc(-c9ccccc9-c9ccccc9)c8)c7)cc6)ccc54)c3)cc2)cc1. The molecule has 0 spiro atoms. The molecule has 13 rings (SSSR count). The molecule has 0 bridgehead atoms. The van der Waals surface area contributed by atoms with E-state index in [-0.39, 0.29) is 0 Å². The van der Waals surface area contributed by atoms with Crippen LogP contribution in [-0.2, 0) is 0 Å². The van der Waals surface area contributed by atoms with Crippen LogP contribution in [-0.4, -0.2) is 4.57 Å². The molecule has 2 nitrogen and oxygen atoms in total. The second-order valence-corrected chi connectivity index (χ2v) is 18.9. The quantitative estimate of drug-likeness (QED) is 0.125. The van der Waals surface area contributed by atoms with Crippen molar-refractivity contribution in [2.24, 2.45) is 0 Å². The number of nitrogens with zero attached hydrogens (tertiary/aromatic N) is 2. The first-order chi connectivity index (χ1) is 36.7. The average Bonchev–Trinajstić information content (AvgIpc) is 3.84. The molecular weight excluding hydrogens is 893 g/mol. The molecule has 0 fully saturated rings.